The van der Waals surface area contributed by atoms with E-state index in [-0.39, 0.29) is 11.5 Å². The van der Waals surface area contributed by atoms with Crippen LogP contribution in [0.2, 0.25) is 0 Å². The highest BCUT2D eigenvalue weighted by Crippen LogP contribution is 2.53. The first-order valence-electron chi connectivity index (χ1n) is 6.04. The fraction of sp³-hybridized carbons (Fsp3) is 0.769. The molecule has 0 atom stereocenters. The van der Waals surface area contributed by atoms with Crippen LogP contribution in [0.15, 0.2) is 5.57 Å². The summed E-state index contributed by atoms with van der Waals surface area (Å²) in [7, 11) is 0. The molecule has 0 aromatic carbocycles. The van der Waals surface area contributed by atoms with Crippen LogP contribution >= 0.6 is 0 Å². The van der Waals surface area contributed by atoms with Crippen molar-refractivity contribution < 1.29 is 14.3 Å². The first-order valence-corrected chi connectivity index (χ1v) is 6.04. The van der Waals surface area contributed by atoms with E-state index < -0.39 is 5.60 Å². The number of nitrogens with zero attached hydrogens (tertiary/aromatic N) is 1. The third-order valence-corrected chi connectivity index (χ3v) is 3.25. The molecule has 2 rings (SSSR count). The number of hydrogen-bond donors (Lipinski definition) is 0. The highest BCUT2D eigenvalue weighted by atomic mass is 16.6. The molecule has 0 radical (unpaired) electrons. The number of carbonyl (C=O) groups excluding carboxylic acids is 2. The molecule has 1 aliphatic carbocycles. The molecule has 17 heavy (non-hydrogen) atoms. The summed E-state index contributed by atoms with van der Waals surface area (Å²) < 4.78 is 5.33. The standard InChI is InChI=1S/C13H19NO3/c1-12(2,3)17-11(16)14-7-10(8-15)6-13(9-14)4-5-13/h4-7,9H2,1-3H3. The van der Waals surface area contributed by atoms with Gasteiger partial charge in [-0.25, -0.2) is 9.59 Å². The lowest BCUT2D eigenvalue weighted by atomic mass is 9.92. The van der Waals surface area contributed by atoms with Gasteiger partial charge in [-0.2, -0.15) is 0 Å². The van der Waals surface area contributed by atoms with Crippen LogP contribution in [0.5, 0.6) is 0 Å². The smallest absolute Gasteiger partial charge is 0.410 e. The second-order valence-corrected chi connectivity index (χ2v) is 6.22. The molecule has 2 fully saturated rings. The summed E-state index contributed by atoms with van der Waals surface area (Å²) in [5.74, 6) is 1.96. The van der Waals surface area contributed by atoms with Gasteiger partial charge < -0.3 is 9.64 Å². The lowest BCUT2D eigenvalue weighted by molar-refractivity contribution is 0.0196. The van der Waals surface area contributed by atoms with Crippen LogP contribution in [-0.4, -0.2) is 35.6 Å². The van der Waals surface area contributed by atoms with Crippen molar-refractivity contribution in [3.63, 3.8) is 0 Å². The zero-order valence-electron chi connectivity index (χ0n) is 10.7. The van der Waals surface area contributed by atoms with E-state index in [0.29, 0.717) is 18.7 Å². The van der Waals surface area contributed by atoms with E-state index >= 15 is 0 Å². The summed E-state index contributed by atoms with van der Waals surface area (Å²) in [5, 5.41) is 0. The van der Waals surface area contributed by atoms with Gasteiger partial charge in [-0.15, -0.1) is 0 Å². The molecule has 1 saturated heterocycles. The Morgan fingerprint density at radius 1 is 1.41 bits per heavy atom. The summed E-state index contributed by atoms with van der Waals surface area (Å²) >= 11 is 0. The van der Waals surface area contributed by atoms with Crippen molar-refractivity contribution >= 4 is 12.0 Å². The van der Waals surface area contributed by atoms with Crippen molar-refractivity contribution in [3.05, 3.63) is 5.57 Å². The summed E-state index contributed by atoms with van der Waals surface area (Å²) in [6.45, 7) is 6.63. The van der Waals surface area contributed by atoms with Gasteiger partial charge in [0.15, 0.2) is 0 Å². The minimum Gasteiger partial charge on any atom is -0.444 e. The van der Waals surface area contributed by atoms with Crippen LogP contribution in [-0.2, 0) is 9.53 Å². The maximum absolute atomic E-state index is 12.0. The van der Waals surface area contributed by atoms with Crippen molar-refractivity contribution in [2.45, 2.75) is 45.6 Å². The van der Waals surface area contributed by atoms with Gasteiger partial charge in [0.2, 0.25) is 0 Å². The maximum Gasteiger partial charge on any atom is 0.410 e. The molecule has 1 heterocycles. The number of piperidine rings is 1. The normalized spacial score (nSPS) is 22.3. The van der Waals surface area contributed by atoms with E-state index in [4.69, 9.17) is 4.74 Å². The molecule has 0 bridgehead atoms. The first-order chi connectivity index (χ1) is 7.84. The van der Waals surface area contributed by atoms with E-state index in [2.05, 4.69) is 0 Å². The van der Waals surface area contributed by atoms with E-state index in [0.717, 1.165) is 19.3 Å². The average molecular weight is 237 g/mol. The molecule has 1 spiro atoms. The summed E-state index contributed by atoms with van der Waals surface area (Å²) in [4.78, 5) is 24.4. The molecule has 1 saturated carbocycles. The predicted molar refractivity (Wildman–Crippen MR) is 63.3 cm³/mol. The van der Waals surface area contributed by atoms with Gasteiger partial charge in [-0.05, 0) is 45.4 Å². The molecule has 1 aliphatic heterocycles. The third kappa shape index (κ3) is 2.89. The van der Waals surface area contributed by atoms with E-state index in [9.17, 15) is 9.59 Å². The van der Waals surface area contributed by atoms with E-state index in [1.807, 2.05) is 26.7 Å². The molecule has 4 nitrogen and oxygen atoms in total. The van der Waals surface area contributed by atoms with Gasteiger partial charge >= 0.3 is 6.09 Å². The quantitative estimate of drug-likeness (QED) is 0.606. The lowest BCUT2D eigenvalue weighted by Crippen LogP contribution is -2.44. The zero-order valence-corrected chi connectivity index (χ0v) is 10.7. The molecule has 0 aromatic rings. The van der Waals surface area contributed by atoms with Gasteiger partial charge in [-0.3, -0.25) is 0 Å². The number of carbonyl (C=O) groups is 1. The fourth-order valence-corrected chi connectivity index (χ4v) is 2.29. The van der Waals surface area contributed by atoms with Crippen LogP contribution in [0.1, 0.15) is 40.0 Å². The third-order valence-electron chi connectivity index (χ3n) is 3.25. The zero-order chi connectivity index (χ0) is 12.7. The molecule has 94 valence electrons. The Bertz CT molecular complexity index is 384. The SMILES string of the molecule is CC(C)(C)OC(=O)N1CC(=C=O)CC2(CC2)C1. The maximum atomic E-state index is 12.0. The Morgan fingerprint density at radius 2 is 2.06 bits per heavy atom. The molecule has 1 amide bonds. The molecule has 0 N–H and O–H groups in total. The average Bonchev–Trinajstić information content (AvgIpc) is 2.94. The van der Waals surface area contributed by atoms with Gasteiger partial charge in [-0.1, -0.05) is 0 Å². The van der Waals surface area contributed by atoms with Crippen molar-refractivity contribution in [1.29, 1.82) is 0 Å². The van der Waals surface area contributed by atoms with Gasteiger partial charge in [0, 0.05) is 12.1 Å². The van der Waals surface area contributed by atoms with Crippen molar-refractivity contribution in [1.82, 2.24) is 4.90 Å². The largest absolute Gasteiger partial charge is 0.444 e. The fourth-order valence-electron chi connectivity index (χ4n) is 2.29. The minimum atomic E-state index is -0.490. The van der Waals surface area contributed by atoms with Crippen molar-refractivity contribution in [2.24, 2.45) is 5.41 Å². The Balaban J connectivity index is 2.05. The van der Waals surface area contributed by atoms with E-state index in [1.165, 1.54) is 0 Å². The van der Waals surface area contributed by atoms with Gasteiger partial charge in [0.05, 0.1) is 6.54 Å². The summed E-state index contributed by atoms with van der Waals surface area (Å²) in [5.41, 5.74) is 0.359. The molecule has 0 aromatic heterocycles. The molecular weight excluding hydrogens is 218 g/mol. The van der Waals surface area contributed by atoms with Crippen molar-refractivity contribution in [2.75, 3.05) is 13.1 Å². The first kappa shape index (κ1) is 12.2. The highest BCUT2D eigenvalue weighted by molar-refractivity contribution is 5.70. The van der Waals surface area contributed by atoms with Crippen molar-refractivity contribution in [3.8, 4) is 0 Å². The molecule has 4 heteroatoms. The summed E-state index contributed by atoms with van der Waals surface area (Å²) in [6.07, 6.45) is 2.67. The summed E-state index contributed by atoms with van der Waals surface area (Å²) in [6, 6.07) is 0. The Morgan fingerprint density at radius 3 is 2.53 bits per heavy atom. The van der Waals surface area contributed by atoms with Crippen LogP contribution in [0, 0.1) is 5.41 Å². The monoisotopic (exact) mass is 237 g/mol. The van der Waals surface area contributed by atoms with Crippen LogP contribution < -0.4 is 0 Å². The Hall–Kier alpha value is -1.28. The minimum absolute atomic E-state index is 0.155. The number of likely N-dealkylation sites (tertiary alicyclic amines) is 1. The topological polar surface area (TPSA) is 46.6 Å². The number of hydrogen-bond acceptors (Lipinski definition) is 3. The second kappa shape index (κ2) is 3.88. The van der Waals surface area contributed by atoms with Crippen LogP contribution in [0.4, 0.5) is 4.79 Å². The number of rotatable bonds is 0. The molecule has 2 aliphatic rings. The molecule has 0 unspecified atom stereocenters. The van der Waals surface area contributed by atoms with Gasteiger partial charge in [0.1, 0.15) is 11.5 Å². The lowest BCUT2D eigenvalue weighted by Gasteiger charge is -2.34. The Labute approximate surface area is 102 Å². The highest BCUT2D eigenvalue weighted by Gasteiger charge is 2.49. The van der Waals surface area contributed by atoms with E-state index in [1.54, 1.807) is 4.90 Å². The molecular formula is C13H19NO3. The number of amides is 1. The number of ether oxygens (including phenoxy) is 1. The second-order valence-electron chi connectivity index (χ2n) is 6.22. The van der Waals surface area contributed by atoms with Gasteiger partial charge in [0.25, 0.3) is 0 Å². The van der Waals surface area contributed by atoms with Crippen LogP contribution in [0.3, 0.4) is 0 Å². The Kier molecular flexibility index (Phi) is 2.78. The van der Waals surface area contributed by atoms with Crippen LogP contribution in [0.25, 0.3) is 0 Å². The predicted octanol–water partition coefficient (Wildman–Crippen LogP) is 2.17.